The van der Waals surface area contributed by atoms with Gasteiger partial charge in [0.1, 0.15) is 11.8 Å². The normalized spacial score (nSPS) is 16.8. The molecule has 1 saturated heterocycles. The van der Waals surface area contributed by atoms with Crippen LogP contribution < -0.4 is 4.74 Å². The number of hydrogen-bond donors (Lipinski definition) is 0. The molecule has 0 N–H and O–H groups in total. The predicted molar refractivity (Wildman–Crippen MR) is 116 cm³/mol. The molecule has 2 aromatic rings. The number of benzene rings is 2. The summed E-state index contributed by atoms with van der Waals surface area (Å²) < 4.78 is 6.06. The molecule has 1 aliphatic rings. The molecule has 1 aliphatic heterocycles. The number of amidine groups is 1. The molecule has 28 heavy (non-hydrogen) atoms. The third-order valence-electron chi connectivity index (χ3n) is 3.88. The maximum atomic E-state index is 12.9. The topological polar surface area (TPSA) is 65.7 Å². The number of carbonyl (C=O) groups excluding carboxylic acids is 1. The number of rotatable bonds is 5. The smallest absolute Gasteiger partial charge is 0.266 e. The minimum Gasteiger partial charge on any atom is -0.478 e. The van der Waals surface area contributed by atoms with E-state index in [-0.39, 0.29) is 18.6 Å². The average Bonchev–Trinajstić information content (AvgIpc) is 2.97. The number of nitrogens with zero attached hydrogens (tertiary/aromatic N) is 3. The van der Waals surface area contributed by atoms with Crippen molar-refractivity contribution in [3.63, 3.8) is 0 Å². The molecule has 5 nitrogen and oxygen atoms in total. The van der Waals surface area contributed by atoms with Gasteiger partial charge in [-0.05, 0) is 77.4 Å². The molecule has 1 heterocycles. The van der Waals surface area contributed by atoms with Gasteiger partial charge in [0.2, 0.25) is 0 Å². The van der Waals surface area contributed by atoms with Crippen molar-refractivity contribution in [3.8, 4) is 11.8 Å². The average molecular weight is 456 g/mol. The van der Waals surface area contributed by atoms with Crippen molar-refractivity contribution in [2.75, 3.05) is 6.61 Å². The van der Waals surface area contributed by atoms with E-state index < -0.39 is 0 Å². The molecule has 3 rings (SSSR count). The van der Waals surface area contributed by atoms with Crippen molar-refractivity contribution < 1.29 is 9.53 Å². The summed E-state index contributed by atoms with van der Waals surface area (Å²) in [6, 6.07) is 17.0. The van der Waals surface area contributed by atoms with E-state index in [1.54, 1.807) is 11.0 Å². The van der Waals surface area contributed by atoms with Crippen LogP contribution in [0.3, 0.4) is 0 Å². The third-order valence-corrected chi connectivity index (χ3v) is 5.48. The Morgan fingerprint density at radius 1 is 1.29 bits per heavy atom. The second kappa shape index (κ2) is 9.09. The highest BCUT2D eigenvalue weighted by Gasteiger charge is 2.35. The van der Waals surface area contributed by atoms with Gasteiger partial charge in [-0.3, -0.25) is 9.69 Å². The molecule has 7 heteroatoms. The molecule has 142 valence electrons. The van der Waals surface area contributed by atoms with E-state index in [0.29, 0.717) is 15.8 Å². The van der Waals surface area contributed by atoms with Crippen molar-refractivity contribution >= 4 is 50.5 Å². The van der Waals surface area contributed by atoms with Crippen LogP contribution in [0.1, 0.15) is 19.4 Å². The highest BCUT2D eigenvalue weighted by molar-refractivity contribution is 9.10. The minimum atomic E-state index is -0.0596. The summed E-state index contributed by atoms with van der Waals surface area (Å²) in [5.74, 6) is 0.528. The highest BCUT2D eigenvalue weighted by Crippen LogP contribution is 2.36. The number of amides is 1. The van der Waals surface area contributed by atoms with Crippen molar-refractivity contribution in [3.05, 3.63) is 63.5 Å². The monoisotopic (exact) mass is 455 g/mol. The number of ether oxygens (including phenoxy) is 1. The fourth-order valence-corrected chi connectivity index (χ4v) is 4.25. The zero-order valence-electron chi connectivity index (χ0n) is 15.4. The second-order valence-electron chi connectivity index (χ2n) is 6.25. The molecule has 0 radical (unpaired) electrons. The minimum absolute atomic E-state index is 0.00172. The summed E-state index contributed by atoms with van der Waals surface area (Å²) in [6.07, 6.45) is 1.84. The van der Waals surface area contributed by atoms with E-state index in [9.17, 15) is 4.79 Å². The first-order valence-electron chi connectivity index (χ1n) is 8.65. The molecular weight excluding hydrogens is 438 g/mol. The van der Waals surface area contributed by atoms with Crippen molar-refractivity contribution in [2.24, 2.45) is 4.99 Å². The number of aliphatic imine (C=N–C) groups is 1. The Morgan fingerprint density at radius 2 is 2.04 bits per heavy atom. The molecule has 0 spiro atoms. The summed E-state index contributed by atoms with van der Waals surface area (Å²) >= 11 is 4.81. The maximum Gasteiger partial charge on any atom is 0.266 e. The van der Waals surface area contributed by atoms with Crippen LogP contribution in [0.5, 0.6) is 5.75 Å². The van der Waals surface area contributed by atoms with Crippen molar-refractivity contribution in [2.45, 2.75) is 19.9 Å². The molecule has 1 amide bonds. The Kier molecular flexibility index (Phi) is 6.55. The van der Waals surface area contributed by atoms with E-state index in [2.05, 4.69) is 20.9 Å². The molecule has 2 aromatic carbocycles. The fraction of sp³-hybridized carbons (Fsp3) is 0.190. The quantitative estimate of drug-likeness (QED) is 0.568. The molecule has 0 bridgehead atoms. The first-order chi connectivity index (χ1) is 13.5. The lowest BCUT2D eigenvalue weighted by atomic mass is 10.2. The summed E-state index contributed by atoms with van der Waals surface area (Å²) in [4.78, 5) is 19.9. The van der Waals surface area contributed by atoms with Gasteiger partial charge in [0.15, 0.2) is 11.8 Å². The van der Waals surface area contributed by atoms with Crippen LogP contribution in [0.25, 0.3) is 6.08 Å². The number of halogens is 1. The lowest BCUT2D eigenvalue weighted by molar-refractivity contribution is -0.123. The first kappa shape index (κ1) is 20.2. The van der Waals surface area contributed by atoms with E-state index in [1.807, 2.05) is 68.5 Å². The first-order valence-corrected chi connectivity index (χ1v) is 10.3. The van der Waals surface area contributed by atoms with Gasteiger partial charge in [0, 0.05) is 6.04 Å². The van der Waals surface area contributed by atoms with Gasteiger partial charge in [-0.25, -0.2) is 4.99 Å². The van der Waals surface area contributed by atoms with Gasteiger partial charge in [-0.2, -0.15) is 5.26 Å². The summed E-state index contributed by atoms with van der Waals surface area (Å²) in [6.45, 7) is 3.93. The van der Waals surface area contributed by atoms with Crippen LogP contribution in [0, 0.1) is 11.3 Å². The molecule has 0 aromatic heterocycles. The molecule has 0 unspecified atom stereocenters. The molecular formula is C21H18BrN3O2S. The largest absolute Gasteiger partial charge is 0.478 e. The Balaban J connectivity index is 1.90. The fourth-order valence-electron chi connectivity index (χ4n) is 2.62. The standard InChI is InChI=1S/C21H18BrN3O2S/c1-14(2)25-20(26)19(28-21(25)24-16-6-4-3-5-7-16)13-15-8-9-18(17(22)12-15)27-11-10-23/h3-9,12-14H,11H2,1-2H3/b19-13-,24-21?. The van der Waals surface area contributed by atoms with Gasteiger partial charge in [-0.15, -0.1) is 0 Å². The van der Waals surface area contributed by atoms with Crippen molar-refractivity contribution in [1.82, 2.24) is 4.90 Å². The van der Waals surface area contributed by atoms with Crippen LogP contribution in [0.2, 0.25) is 0 Å². The van der Waals surface area contributed by atoms with Gasteiger partial charge in [0.25, 0.3) is 5.91 Å². The van der Waals surface area contributed by atoms with Crippen molar-refractivity contribution in [1.29, 1.82) is 5.26 Å². The Hall–Kier alpha value is -2.56. The molecule has 0 aliphatic carbocycles. The lowest BCUT2D eigenvalue weighted by Gasteiger charge is -2.19. The number of carbonyl (C=O) groups is 1. The van der Waals surface area contributed by atoms with E-state index in [0.717, 1.165) is 15.7 Å². The Morgan fingerprint density at radius 3 is 2.68 bits per heavy atom. The number of thioether (sulfide) groups is 1. The van der Waals surface area contributed by atoms with Gasteiger partial charge < -0.3 is 4.74 Å². The Labute approximate surface area is 176 Å². The van der Waals surface area contributed by atoms with E-state index >= 15 is 0 Å². The van der Waals surface area contributed by atoms with Gasteiger partial charge >= 0.3 is 0 Å². The van der Waals surface area contributed by atoms with Crippen LogP contribution in [-0.2, 0) is 4.79 Å². The SMILES string of the molecule is CC(C)N1C(=O)/C(=C/c2ccc(OCC#N)c(Br)c2)SC1=Nc1ccccc1. The zero-order chi connectivity index (χ0) is 20.1. The van der Waals surface area contributed by atoms with Crippen LogP contribution in [0.15, 0.2) is 62.9 Å². The van der Waals surface area contributed by atoms with Crippen LogP contribution >= 0.6 is 27.7 Å². The zero-order valence-corrected chi connectivity index (χ0v) is 17.8. The third kappa shape index (κ3) is 4.64. The number of para-hydroxylation sites is 1. The summed E-state index contributed by atoms with van der Waals surface area (Å²) in [5.41, 5.74) is 1.67. The molecule has 0 atom stereocenters. The van der Waals surface area contributed by atoms with Gasteiger partial charge in [-0.1, -0.05) is 24.3 Å². The second-order valence-corrected chi connectivity index (χ2v) is 8.11. The van der Waals surface area contributed by atoms with Crippen LogP contribution in [0.4, 0.5) is 5.69 Å². The lowest BCUT2D eigenvalue weighted by Crippen LogP contribution is -2.35. The summed E-state index contributed by atoms with van der Waals surface area (Å²) in [5, 5.41) is 9.31. The maximum absolute atomic E-state index is 12.9. The summed E-state index contributed by atoms with van der Waals surface area (Å²) in [7, 11) is 0. The Bertz CT molecular complexity index is 981. The number of nitriles is 1. The molecule has 0 saturated carbocycles. The van der Waals surface area contributed by atoms with E-state index in [1.165, 1.54) is 11.8 Å². The molecule has 1 fully saturated rings. The predicted octanol–water partition coefficient (Wildman–Crippen LogP) is 5.36. The van der Waals surface area contributed by atoms with E-state index in [4.69, 9.17) is 10.00 Å². The van der Waals surface area contributed by atoms with Gasteiger partial charge in [0.05, 0.1) is 15.1 Å². The van der Waals surface area contributed by atoms with Crippen LogP contribution in [-0.4, -0.2) is 28.6 Å². The highest BCUT2D eigenvalue weighted by atomic mass is 79.9. The number of hydrogen-bond acceptors (Lipinski definition) is 5.